The highest BCUT2D eigenvalue weighted by Gasteiger charge is 2.23. The van der Waals surface area contributed by atoms with Gasteiger partial charge in [-0.15, -0.1) is 0 Å². The molecule has 2 aromatic heterocycles. The second-order valence-corrected chi connectivity index (χ2v) is 5.50. The van der Waals surface area contributed by atoms with Crippen LogP contribution in [-0.4, -0.2) is 49.2 Å². The normalized spacial score (nSPS) is 14.7. The Morgan fingerprint density at radius 3 is 2.52 bits per heavy atom. The Kier molecular flexibility index (Phi) is 4.41. The number of rotatable bonds is 3. The van der Waals surface area contributed by atoms with Crippen LogP contribution >= 0.6 is 0 Å². The molecule has 0 amide bonds. The highest BCUT2D eigenvalue weighted by atomic mass is 16.5. The van der Waals surface area contributed by atoms with Gasteiger partial charge in [0.25, 0.3) is 0 Å². The lowest BCUT2D eigenvalue weighted by Gasteiger charge is -2.37. The first-order valence-corrected chi connectivity index (χ1v) is 7.65. The molecule has 0 N–H and O–H groups in total. The van der Waals surface area contributed by atoms with Crippen molar-refractivity contribution < 1.29 is 9.53 Å². The maximum Gasteiger partial charge on any atom is 0.341 e. The van der Waals surface area contributed by atoms with E-state index in [4.69, 9.17) is 4.74 Å². The van der Waals surface area contributed by atoms with Crippen molar-refractivity contribution in [2.45, 2.75) is 6.92 Å². The first-order valence-electron chi connectivity index (χ1n) is 7.65. The summed E-state index contributed by atoms with van der Waals surface area (Å²) in [6.07, 6.45) is 3.55. The minimum Gasteiger partial charge on any atom is -0.465 e. The third-order valence-corrected chi connectivity index (χ3v) is 4.02. The maximum atomic E-state index is 11.9. The number of aryl methyl sites for hydroxylation is 1. The van der Waals surface area contributed by atoms with E-state index in [-0.39, 0.29) is 5.97 Å². The molecule has 0 aliphatic carbocycles. The summed E-state index contributed by atoms with van der Waals surface area (Å²) in [7, 11) is 1.39. The van der Waals surface area contributed by atoms with Gasteiger partial charge in [0.1, 0.15) is 11.4 Å². The van der Waals surface area contributed by atoms with Crippen LogP contribution < -0.4 is 9.80 Å². The molecule has 120 valence electrons. The summed E-state index contributed by atoms with van der Waals surface area (Å²) in [5.41, 5.74) is 2.72. The molecule has 0 aromatic carbocycles. The summed E-state index contributed by atoms with van der Waals surface area (Å²) < 4.78 is 4.85. The fourth-order valence-corrected chi connectivity index (χ4v) is 2.82. The number of carbonyl (C=O) groups excluding carboxylic acids is 1. The Hall–Kier alpha value is -2.63. The number of anilines is 2. The summed E-state index contributed by atoms with van der Waals surface area (Å²) in [4.78, 5) is 25.0. The highest BCUT2D eigenvalue weighted by molar-refractivity contribution is 5.94. The third-order valence-electron chi connectivity index (χ3n) is 4.02. The summed E-state index contributed by atoms with van der Waals surface area (Å²) in [6, 6.07) is 7.64. The fourth-order valence-electron chi connectivity index (χ4n) is 2.82. The van der Waals surface area contributed by atoms with E-state index in [0.717, 1.165) is 31.9 Å². The van der Waals surface area contributed by atoms with Crippen molar-refractivity contribution >= 4 is 17.5 Å². The molecule has 3 rings (SSSR count). The van der Waals surface area contributed by atoms with Crippen molar-refractivity contribution in [1.82, 2.24) is 9.97 Å². The summed E-state index contributed by atoms with van der Waals surface area (Å²) in [6.45, 7) is 5.36. The molecule has 1 fully saturated rings. The lowest BCUT2D eigenvalue weighted by atomic mass is 10.2. The van der Waals surface area contributed by atoms with E-state index in [1.54, 1.807) is 18.3 Å². The molecular formula is C17H20N4O2. The summed E-state index contributed by atoms with van der Waals surface area (Å²) in [5, 5.41) is 0. The second-order valence-electron chi connectivity index (χ2n) is 5.50. The number of carbonyl (C=O) groups is 1. The van der Waals surface area contributed by atoms with Gasteiger partial charge in [-0.25, -0.2) is 9.78 Å². The van der Waals surface area contributed by atoms with E-state index in [0.29, 0.717) is 11.4 Å². The zero-order valence-corrected chi connectivity index (χ0v) is 13.4. The van der Waals surface area contributed by atoms with E-state index < -0.39 is 0 Å². The number of methoxy groups -OCH3 is 1. The predicted molar refractivity (Wildman–Crippen MR) is 89.0 cm³/mol. The van der Waals surface area contributed by atoms with Crippen LogP contribution in [0.1, 0.15) is 16.1 Å². The number of piperazine rings is 1. The Morgan fingerprint density at radius 1 is 1.09 bits per heavy atom. The minimum atomic E-state index is -0.347. The maximum absolute atomic E-state index is 11.9. The zero-order chi connectivity index (χ0) is 16.2. The molecule has 1 saturated heterocycles. The van der Waals surface area contributed by atoms with Gasteiger partial charge in [0.15, 0.2) is 0 Å². The topological polar surface area (TPSA) is 58.6 Å². The van der Waals surface area contributed by atoms with Gasteiger partial charge in [0, 0.05) is 50.0 Å². The SMILES string of the molecule is COC(=O)c1cccnc1N1CCN(c2ccnc(C)c2)CC1. The second kappa shape index (κ2) is 6.64. The first-order chi connectivity index (χ1) is 11.2. The van der Waals surface area contributed by atoms with Crippen molar-refractivity contribution in [3.63, 3.8) is 0 Å². The third kappa shape index (κ3) is 3.26. The van der Waals surface area contributed by atoms with Gasteiger partial charge in [0.05, 0.1) is 7.11 Å². The van der Waals surface area contributed by atoms with E-state index in [1.807, 2.05) is 19.2 Å². The molecule has 1 aliphatic rings. The fraction of sp³-hybridized carbons (Fsp3) is 0.353. The number of esters is 1. The van der Waals surface area contributed by atoms with Crippen LogP contribution in [0.15, 0.2) is 36.7 Å². The predicted octanol–water partition coefficient (Wildman–Crippen LogP) is 1.90. The van der Waals surface area contributed by atoms with Gasteiger partial charge in [-0.1, -0.05) is 0 Å². The quantitative estimate of drug-likeness (QED) is 0.807. The van der Waals surface area contributed by atoms with Gasteiger partial charge in [-0.3, -0.25) is 4.98 Å². The van der Waals surface area contributed by atoms with Crippen LogP contribution in [0.5, 0.6) is 0 Å². The van der Waals surface area contributed by atoms with Crippen LogP contribution in [0, 0.1) is 6.92 Å². The Morgan fingerprint density at radius 2 is 1.83 bits per heavy atom. The molecule has 1 aliphatic heterocycles. The van der Waals surface area contributed by atoms with Crippen molar-refractivity contribution in [3.8, 4) is 0 Å². The number of ether oxygens (including phenoxy) is 1. The Balaban J connectivity index is 1.73. The van der Waals surface area contributed by atoms with Crippen molar-refractivity contribution in [1.29, 1.82) is 0 Å². The number of nitrogens with zero attached hydrogens (tertiary/aromatic N) is 4. The molecular weight excluding hydrogens is 292 g/mol. The van der Waals surface area contributed by atoms with Gasteiger partial charge < -0.3 is 14.5 Å². The van der Waals surface area contributed by atoms with Gasteiger partial charge >= 0.3 is 5.97 Å². The molecule has 0 bridgehead atoms. The standard InChI is InChI=1S/C17H20N4O2/c1-13-12-14(5-7-18-13)20-8-10-21(11-9-20)16-15(17(22)23-2)4-3-6-19-16/h3-7,12H,8-11H2,1-2H3. The van der Waals surface area contributed by atoms with Gasteiger partial charge in [0.2, 0.25) is 0 Å². The average Bonchev–Trinajstić information content (AvgIpc) is 2.61. The molecule has 6 nitrogen and oxygen atoms in total. The molecule has 0 unspecified atom stereocenters. The Bertz CT molecular complexity index is 696. The van der Waals surface area contributed by atoms with E-state index in [2.05, 4.69) is 25.8 Å². The minimum absolute atomic E-state index is 0.347. The lowest BCUT2D eigenvalue weighted by Crippen LogP contribution is -2.47. The highest BCUT2D eigenvalue weighted by Crippen LogP contribution is 2.22. The number of hydrogen-bond acceptors (Lipinski definition) is 6. The lowest BCUT2D eigenvalue weighted by molar-refractivity contribution is 0.0601. The molecule has 3 heterocycles. The molecule has 0 spiro atoms. The molecule has 0 saturated carbocycles. The average molecular weight is 312 g/mol. The van der Waals surface area contributed by atoms with Gasteiger partial charge in [-0.05, 0) is 31.2 Å². The van der Waals surface area contributed by atoms with Gasteiger partial charge in [-0.2, -0.15) is 0 Å². The smallest absolute Gasteiger partial charge is 0.341 e. The molecule has 0 atom stereocenters. The molecule has 0 radical (unpaired) electrons. The monoisotopic (exact) mass is 312 g/mol. The summed E-state index contributed by atoms with van der Waals surface area (Å²) in [5.74, 6) is 0.352. The number of hydrogen-bond donors (Lipinski definition) is 0. The van der Waals surface area contributed by atoms with E-state index >= 15 is 0 Å². The number of pyridine rings is 2. The van der Waals surface area contributed by atoms with Crippen LogP contribution in [0.4, 0.5) is 11.5 Å². The van der Waals surface area contributed by atoms with Crippen LogP contribution in [0.25, 0.3) is 0 Å². The van der Waals surface area contributed by atoms with Crippen LogP contribution in [0.2, 0.25) is 0 Å². The van der Waals surface area contributed by atoms with Crippen molar-refractivity contribution in [2.75, 3.05) is 43.1 Å². The van der Waals surface area contributed by atoms with Crippen molar-refractivity contribution in [2.24, 2.45) is 0 Å². The molecule has 6 heteroatoms. The molecule has 23 heavy (non-hydrogen) atoms. The zero-order valence-electron chi connectivity index (χ0n) is 13.4. The van der Waals surface area contributed by atoms with Crippen LogP contribution in [-0.2, 0) is 4.74 Å². The Labute approximate surface area is 135 Å². The van der Waals surface area contributed by atoms with Crippen molar-refractivity contribution in [3.05, 3.63) is 47.9 Å². The van der Waals surface area contributed by atoms with E-state index in [9.17, 15) is 4.79 Å². The van der Waals surface area contributed by atoms with Crippen LogP contribution in [0.3, 0.4) is 0 Å². The van der Waals surface area contributed by atoms with E-state index in [1.165, 1.54) is 12.8 Å². The molecule has 2 aromatic rings. The largest absolute Gasteiger partial charge is 0.465 e. The number of aromatic nitrogens is 2. The first kappa shape index (κ1) is 15.3. The summed E-state index contributed by atoms with van der Waals surface area (Å²) >= 11 is 0.